The van der Waals surface area contributed by atoms with E-state index in [1.54, 1.807) is 24.8 Å². The lowest BCUT2D eigenvalue weighted by molar-refractivity contribution is 0.0709. The molecule has 2 aliphatic rings. The fourth-order valence-corrected chi connectivity index (χ4v) is 5.27. The van der Waals surface area contributed by atoms with Crippen molar-refractivity contribution >= 4 is 11.8 Å². The first-order valence-electron chi connectivity index (χ1n) is 14.5. The lowest BCUT2D eigenvalue weighted by Crippen LogP contribution is -2.36. The van der Waals surface area contributed by atoms with Gasteiger partial charge < -0.3 is 19.3 Å². The zero-order valence-electron chi connectivity index (χ0n) is 25.1. The van der Waals surface area contributed by atoms with Crippen molar-refractivity contribution in [3.05, 3.63) is 57.9 Å². The van der Waals surface area contributed by atoms with Gasteiger partial charge in [0.25, 0.3) is 11.8 Å². The predicted octanol–water partition coefficient (Wildman–Crippen LogP) is 7.31. The molecule has 226 valence electrons. The lowest BCUT2D eigenvalue weighted by Gasteiger charge is -2.27. The van der Waals surface area contributed by atoms with Crippen LogP contribution in [0.4, 0.5) is 13.2 Å². The molecule has 9 heteroatoms. The zero-order chi connectivity index (χ0) is 30.3. The van der Waals surface area contributed by atoms with Gasteiger partial charge in [-0.1, -0.05) is 27.7 Å². The van der Waals surface area contributed by atoms with Gasteiger partial charge >= 0.3 is 0 Å². The van der Waals surface area contributed by atoms with Crippen LogP contribution in [0, 0.1) is 17.5 Å². The van der Waals surface area contributed by atoms with Crippen LogP contribution >= 0.6 is 0 Å². The van der Waals surface area contributed by atoms with E-state index in [9.17, 15) is 22.8 Å². The number of nitrogens with zero attached hydrogens (tertiary/aromatic N) is 2. The van der Waals surface area contributed by atoms with Gasteiger partial charge in [0.15, 0.2) is 11.6 Å². The molecular formula is C32H43F3N2O4. The summed E-state index contributed by atoms with van der Waals surface area (Å²) in [6.45, 7) is 10.1. The van der Waals surface area contributed by atoms with Gasteiger partial charge in [-0.15, -0.1) is 0 Å². The molecule has 2 aliphatic heterocycles. The highest BCUT2D eigenvalue weighted by Crippen LogP contribution is 2.32. The van der Waals surface area contributed by atoms with Crippen LogP contribution in [0.15, 0.2) is 18.2 Å². The molecule has 2 aromatic rings. The van der Waals surface area contributed by atoms with Crippen LogP contribution in [0.3, 0.4) is 0 Å². The van der Waals surface area contributed by atoms with Crippen molar-refractivity contribution in [2.45, 2.75) is 78.1 Å². The van der Waals surface area contributed by atoms with Crippen molar-refractivity contribution in [3.63, 3.8) is 0 Å². The fraction of sp³-hybridized carbons (Fsp3) is 0.562. The van der Waals surface area contributed by atoms with Gasteiger partial charge in [-0.3, -0.25) is 9.59 Å². The minimum Gasteiger partial charge on any atom is -0.496 e. The van der Waals surface area contributed by atoms with Crippen LogP contribution in [0.5, 0.6) is 11.5 Å². The standard InChI is InChI=1S/C16H21F2NO2.C16H22FNO2/c1-10(2)11-9-12(21-3)13(15(18)14(11)17)16(20)19-7-5-4-6-8-19;1-11(2)12-9-13(15(20-3)10-14(12)17)16(19)18-7-5-4-6-8-18/h9-10H,4-8H2,1-3H3;9-11H,4-8H2,1-3H3. The maximum absolute atomic E-state index is 14.4. The molecule has 6 nitrogen and oxygen atoms in total. The number of halogens is 3. The van der Waals surface area contributed by atoms with Crippen molar-refractivity contribution in [1.29, 1.82) is 0 Å². The average molecular weight is 577 g/mol. The van der Waals surface area contributed by atoms with Crippen molar-refractivity contribution in [2.24, 2.45) is 0 Å². The molecule has 0 unspecified atom stereocenters. The van der Waals surface area contributed by atoms with Gasteiger partial charge in [-0.2, -0.15) is 0 Å². The first kappa shape index (κ1) is 32.3. The number of hydrogen-bond acceptors (Lipinski definition) is 4. The third-order valence-corrected chi connectivity index (χ3v) is 7.71. The number of likely N-dealkylation sites (tertiary alicyclic amines) is 2. The van der Waals surface area contributed by atoms with Crippen LogP contribution in [0.2, 0.25) is 0 Å². The first-order chi connectivity index (χ1) is 19.5. The summed E-state index contributed by atoms with van der Waals surface area (Å²) in [5.41, 5.74) is 0.964. The Kier molecular flexibility index (Phi) is 11.5. The van der Waals surface area contributed by atoms with E-state index in [0.717, 1.165) is 45.2 Å². The Morgan fingerprint density at radius 3 is 1.61 bits per heavy atom. The van der Waals surface area contributed by atoms with E-state index in [2.05, 4.69) is 0 Å². The van der Waals surface area contributed by atoms with E-state index < -0.39 is 17.5 Å². The summed E-state index contributed by atoms with van der Waals surface area (Å²) in [7, 11) is 2.83. The van der Waals surface area contributed by atoms with Gasteiger partial charge in [0.2, 0.25) is 0 Å². The molecule has 2 amide bonds. The molecular weight excluding hydrogens is 533 g/mol. The number of rotatable bonds is 6. The number of piperidine rings is 2. The van der Waals surface area contributed by atoms with Crippen LogP contribution < -0.4 is 9.47 Å². The van der Waals surface area contributed by atoms with E-state index in [1.165, 1.54) is 32.8 Å². The second-order valence-electron chi connectivity index (χ2n) is 11.3. The third-order valence-electron chi connectivity index (χ3n) is 7.71. The molecule has 0 spiro atoms. The highest BCUT2D eigenvalue weighted by atomic mass is 19.2. The predicted molar refractivity (Wildman–Crippen MR) is 154 cm³/mol. The SMILES string of the molecule is COc1cc(C(C)C)c(F)c(F)c1C(=O)N1CCCCC1.COc1cc(F)c(C(C)C)cc1C(=O)N1CCCCC1. The molecule has 2 saturated heterocycles. The van der Waals surface area contributed by atoms with E-state index in [1.807, 2.05) is 18.7 Å². The molecule has 2 heterocycles. The monoisotopic (exact) mass is 576 g/mol. The van der Waals surface area contributed by atoms with Crippen LogP contribution in [0.1, 0.15) is 110 Å². The molecule has 0 aromatic heterocycles. The summed E-state index contributed by atoms with van der Waals surface area (Å²) in [4.78, 5) is 28.5. The molecule has 2 aromatic carbocycles. The summed E-state index contributed by atoms with van der Waals surface area (Å²) >= 11 is 0. The maximum atomic E-state index is 14.4. The third kappa shape index (κ3) is 7.54. The molecule has 4 rings (SSSR count). The first-order valence-corrected chi connectivity index (χ1v) is 14.5. The van der Waals surface area contributed by atoms with Crippen molar-refractivity contribution in [3.8, 4) is 11.5 Å². The van der Waals surface area contributed by atoms with Gasteiger partial charge in [-0.25, -0.2) is 13.2 Å². The fourth-order valence-electron chi connectivity index (χ4n) is 5.27. The minimum atomic E-state index is -1.10. The second kappa shape index (κ2) is 14.6. The Labute approximate surface area is 241 Å². The number of carbonyl (C=O) groups is 2. The normalized spacial score (nSPS) is 15.5. The topological polar surface area (TPSA) is 59.1 Å². The van der Waals surface area contributed by atoms with Crippen molar-refractivity contribution in [1.82, 2.24) is 9.80 Å². The van der Waals surface area contributed by atoms with E-state index >= 15 is 0 Å². The molecule has 0 N–H and O–H groups in total. The molecule has 0 aliphatic carbocycles. The van der Waals surface area contributed by atoms with Gasteiger partial charge in [0.1, 0.15) is 22.9 Å². The minimum absolute atomic E-state index is 0.0359. The number of carbonyl (C=O) groups excluding carboxylic acids is 2. The maximum Gasteiger partial charge on any atom is 0.260 e. The van der Waals surface area contributed by atoms with Gasteiger partial charge in [0, 0.05) is 32.2 Å². The molecule has 0 bridgehead atoms. The largest absolute Gasteiger partial charge is 0.496 e. The van der Waals surface area contributed by atoms with E-state index in [-0.39, 0.29) is 40.4 Å². The Bertz CT molecular complexity index is 1220. The number of benzene rings is 2. The average Bonchev–Trinajstić information content (AvgIpc) is 2.98. The molecule has 0 saturated carbocycles. The van der Waals surface area contributed by atoms with E-state index in [4.69, 9.17) is 9.47 Å². The smallest absolute Gasteiger partial charge is 0.260 e. The van der Waals surface area contributed by atoms with Gasteiger partial charge in [0.05, 0.1) is 19.8 Å². The highest BCUT2D eigenvalue weighted by Gasteiger charge is 2.29. The summed E-state index contributed by atoms with van der Waals surface area (Å²) in [5, 5.41) is 0. The van der Waals surface area contributed by atoms with Crippen molar-refractivity contribution < 1.29 is 32.2 Å². The molecule has 0 atom stereocenters. The summed E-state index contributed by atoms with van der Waals surface area (Å²) in [6.07, 6.45) is 6.08. The van der Waals surface area contributed by atoms with Crippen LogP contribution in [0.25, 0.3) is 0 Å². The zero-order valence-corrected chi connectivity index (χ0v) is 25.1. The summed E-state index contributed by atoms with van der Waals surface area (Å²) in [5.74, 6) is -2.63. The van der Waals surface area contributed by atoms with Gasteiger partial charge in [-0.05, 0) is 73.6 Å². The Morgan fingerprint density at radius 1 is 0.659 bits per heavy atom. The molecule has 2 fully saturated rings. The molecule has 41 heavy (non-hydrogen) atoms. The van der Waals surface area contributed by atoms with Crippen LogP contribution in [-0.4, -0.2) is 62.0 Å². The highest BCUT2D eigenvalue weighted by molar-refractivity contribution is 5.98. The second-order valence-corrected chi connectivity index (χ2v) is 11.3. The number of hydrogen-bond donors (Lipinski definition) is 0. The Morgan fingerprint density at radius 2 is 1.15 bits per heavy atom. The van der Waals surface area contributed by atoms with Crippen LogP contribution in [-0.2, 0) is 0 Å². The van der Waals surface area contributed by atoms with Crippen molar-refractivity contribution in [2.75, 3.05) is 40.4 Å². The number of amides is 2. The van der Waals surface area contributed by atoms with E-state index in [0.29, 0.717) is 30.0 Å². The Balaban J connectivity index is 0.000000226. The number of methoxy groups -OCH3 is 2. The lowest BCUT2D eigenvalue weighted by atomic mass is 9.98. The number of ether oxygens (including phenoxy) is 2. The quantitative estimate of drug-likeness (QED) is 0.362. The Hall–Kier alpha value is -3.23. The molecule has 0 radical (unpaired) electrons. The summed E-state index contributed by atoms with van der Waals surface area (Å²) < 4.78 is 52.8. The summed E-state index contributed by atoms with van der Waals surface area (Å²) in [6, 6.07) is 4.41.